The van der Waals surface area contributed by atoms with Crippen LogP contribution in [0.3, 0.4) is 0 Å². The van der Waals surface area contributed by atoms with Gasteiger partial charge in [0.2, 0.25) is 11.8 Å². The molecule has 0 spiro atoms. The molecule has 2 aromatic rings. The fraction of sp³-hybridized carbons (Fsp3) is 0.522. The number of aromatic nitrogens is 2. The Kier molecular flexibility index (Phi) is 6.90. The minimum atomic E-state index is -0.426. The fourth-order valence-corrected chi connectivity index (χ4v) is 4.74. The van der Waals surface area contributed by atoms with E-state index in [4.69, 9.17) is 16.3 Å². The lowest BCUT2D eigenvalue weighted by Gasteiger charge is -2.40. The number of anilines is 1. The number of benzene rings is 1. The van der Waals surface area contributed by atoms with Crippen LogP contribution < -0.4 is 9.64 Å². The van der Waals surface area contributed by atoms with E-state index < -0.39 is 5.82 Å². The molecular formula is C23H28ClFN4O2. The molecule has 8 heteroatoms. The predicted molar refractivity (Wildman–Crippen MR) is 118 cm³/mol. The van der Waals surface area contributed by atoms with Gasteiger partial charge in [0.15, 0.2) is 0 Å². The van der Waals surface area contributed by atoms with Crippen LogP contribution in [-0.4, -0.2) is 46.5 Å². The number of carbonyl (C=O) groups excluding carboxylic acids is 1. The monoisotopic (exact) mass is 446 g/mol. The van der Waals surface area contributed by atoms with E-state index in [1.54, 1.807) is 6.07 Å². The van der Waals surface area contributed by atoms with Gasteiger partial charge in [0.1, 0.15) is 23.7 Å². The average Bonchev–Trinajstić information content (AvgIpc) is 3.28. The average molecular weight is 447 g/mol. The highest BCUT2D eigenvalue weighted by Gasteiger charge is 2.29. The Hall–Kier alpha value is -2.41. The van der Waals surface area contributed by atoms with Crippen molar-refractivity contribution in [3.8, 4) is 11.6 Å². The summed E-state index contributed by atoms with van der Waals surface area (Å²) in [6, 6.07) is 5.80. The summed E-state index contributed by atoms with van der Waals surface area (Å²) in [6.07, 6.45) is 8.28. The lowest BCUT2D eigenvalue weighted by Crippen LogP contribution is -2.54. The van der Waals surface area contributed by atoms with E-state index in [-0.39, 0.29) is 17.0 Å². The van der Waals surface area contributed by atoms with Crippen LogP contribution in [0.4, 0.5) is 10.2 Å². The van der Waals surface area contributed by atoms with Crippen LogP contribution in [0.15, 0.2) is 30.6 Å². The van der Waals surface area contributed by atoms with E-state index in [0.29, 0.717) is 37.7 Å². The number of halogens is 2. The highest BCUT2D eigenvalue weighted by Crippen LogP contribution is 2.31. The quantitative estimate of drug-likeness (QED) is 0.620. The third kappa shape index (κ3) is 5.45. The van der Waals surface area contributed by atoms with Crippen LogP contribution in [-0.2, 0) is 4.79 Å². The predicted octanol–water partition coefficient (Wildman–Crippen LogP) is 5.07. The zero-order chi connectivity index (χ0) is 21.8. The Bertz CT molecular complexity index is 922. The molecule has 2 aliphatic rings. The summed E-state index contributed by atoms with van der Waals surface area (Å²) in [5.74, 6) is 1.96. The van der Waals surface area contributed by atoms with Gasteiger partial charge in [-0.2, -0.15) is 0 Å². The van der Waals surface area contributed by atoms with Crippen LogP contribution in [0.5, 0.6) is 11.6 Å². The van der Waals surface area contributed by atoms with Crippen LogP contribution in [0.25, 0.3) is 0 Å². The third-order valence-electron chi connectivity index (χ3n) is 6.25. The molecular weight excluding hydrogens is 419 g/mol. The van der Waals surface area contributed by atoms with Crippen LogP contribution in [0.2, 0.25) is 5.02 Å². The van der Waals surface area contributed by atoms with Crippen molar-refractivity contribution in [2.45, 2.75) is 51.5 Å². The first-order valence-corrected chi connectivity index (χ1v) is 11.4. The van der Waals surface area contributed by atoms with E-state index in [0.717, 1.165) is 18.2 Å². The van der Waals surface area contributed by atoms with E-state index in [1.165, 1.54) is 50.2 Å². The second kappa shape index (κ2) is 9.81. The van der Waals surface area contributed by atoms with E-state index in [2.05, 4.69) is 21.8 Å². The van der Waals surface area contributed by atoms with Gasteiger partial charge in [-0.25, -0.2) is 14.4 Å². The number of nitrogens with zero attached hydrogens (tertiary/aromatic N) is 4. The van der Waals surface area contributed by atoms with Crippen molar-refractivity contribution in [3.63, 3.8) is 0 Å². The lowest BCUT2D eigenvalue weighted by atomic mass is 10.0. The van der Waals surface area contributed by atoms with E-state index in [1.807, 2.05) is 4.90 Å². The standard InChI is InChI=1S/C23H28ClFN4O2/c1-16-14-28(10-11-29(16)23(30)9-6-17-4-2-3-5-17)21-13-22(27-15-26-21)31-20-8-7-18(25)12-19(20)24/h7-8,12-13,15-17H,2-6,9-11,14H2,1H3. The highest BCUT2D eigenvalue weighted by atomic mass is 35.5. The largest absolute Gasteiger partial charge is 0.437 e. The Morgan fingerprint density at radius 1 is 1.23 bits per heavy atom. The summed E-state index contributed by atoms with van der Waals surface area (Å²) in [5, 5.41) is 0.179. The van der Waals surface area contributed by atoms with Gasteiger partial charge in [-0.05, 0) is 37.5 Å². The van der Waals surface area contributed by atoms with Crippen molar-refractivity contribution in [2.75, 3.05) is 24.5 Å². The molecule has 4 rings (SSSR count). The first-order chi connectivity index (χ1) is 15.0. The molecule has 1 saturated carbocycles. The van der Waals surface area contributed by atoms with Gasteiger partial charge >= 0.3 is 0 Å². The maximum absolute atomic E-state index is 13.2. The maximum Gasteiger partial charge on any atom is 0.224 e. The fourth-order valence-electron chi connectivity index (χ4n) is 4.54. The summed E-state index contributed by atoms with van der Waals surface area (Å²) in [5.41, 5.74) is 0. The molecule has 0 radical (unpaired) electrons. The molecule has 6 nitrogen and oxygen atoms in total. The topological polar surface area (TPSA) is 58.6 Å². The van der Waals surface area contributed by atoms with Gasteiger partial charge in [-0.1, -0.05) is 37.3 Å². The number of amides is 1. The van der Waals surface area contributed by atoms with Gasteiger partial charge in [-0.15, -0.1) is 0 Å². The molecule has 1 unspecified atom stereocenters. The van der Waals surface area contributed by atoms with Crippen molar-refractivity contribution >= 4 is 23.3 Å². The van der Waals surface area contributed by atoms with Gasteiger partial charge in [0, 0.05) is 38.2 Å². The molecule has 2 heterocycles. The number of rotatable bonds is 6. The number of piperazine rings is 1. The zero-order valence-corrected chi connectivity index (χ0v) is 18.5. The van der Waals surface area contributed by atoms with Crippen LogP contribution in [0, 0.1) is 11.7 Å². The van der Waals surface area contributed by atoms with Gasteiger partial charge in [-0.3, -0.25) is 4.79 Å². The van der Waals surface area contributed by atoms with Crippen LogP contribution >= 0.6 is 11.6 Å². The maximum atomic E-state index is 13.2. The molecule has 2 fully saturated rings. The molecule has 1 aliphatic carbocycles. The van der Waals surface area contributed by atoms with Crippen molar-refractivity contribution in [1.29, 1.82) is 0 Å². The van der Waals surface area contributed by atoms with E-state index in [9.17, 15) is 9.18 Å². The molecule has 0 N–H and O–H groups in total. The lowest BCUT2D eigenvalue weighted by molar-refractivity contribution is -0.133. The first-order valence-electron chi connectivity index (χ1n) is 11.0. The van der Waals surface area contributed by atoms with Crippen molar-refractivity contribution < 1.29 is 13.9 Å². The Labute approximate surface area is 187 Å². The third-order valence-corrected chi connectivity index (χ3v) is 6.54. The molecule has 1 aromatic carbocycles. The number of carbonyl (C=O) groups is 1. The summed E-state index contributed by atoms with van der Waals surface area (Å²) in [6.45, 7) is 4.15. The van der Waals surface area contributed by atoms with Gasteiger partial charge in [0.05, 0.1) is 5.02 Å². The molecule has 1 amide bonds. The normalized spacial score (nSPS) is 19.6. The first kappa shape index (κ1) is 21.8. The second-order valence-corrected chi connectivity index (χ2v) is 8.87. The van der Waals surface area contributed by atoms with Crippen molar-refractivity contribution in [3.05, 3.63) is 41.4 Å². The summed E-state index contributed by atoms with van der Waals surface area (Å²) in [7, 11) is 0. The Balaban J connectivity index is 1.35. The van der Waals surface area contributed by atoms with Gasteiger partial charge < -0.3 is 14.5 Å². The Morgan fingerprint density at radius 2 is 2.03 bits per heavy atom. The van der Waals surface area contributed by atoms with Crippen molar-refractivity contribution in [1.82, 2.24) is 14.9 Å². The SMILES string of the molecule is CC1CN(c2cc(Oc3ccc(F)cc3Cl)ncn2)CCN1C(=O)CCC1CCCC1. The molecule has 1 aromatic heterocycles. The molecule has 1 atom stereocenters. The van der Waals surface area contributed by atoms with Crippen molar-refractivity contribution in [2.24, 2.45) is 5.92 Å². The molecule has 0 bridgehead atoms. The highest BCUT2D eigenvalue weighted by molar-refractivity contribution is 6.32. The Morgan fingerprint density at radius 3 is 2.77 bits per heavy atom. The number of hydrogen-bond acceptors (Lipinski definition) is 5. The van der Waals surface area contributed by atoms with Gasteiger partial charge in [0.25, 0.3) is 0 Å². The minimum absolute atomic E-state index is 0.107. The minimum Gasteiger partial charge on any atom is -0.437 e. The molecule has 1 saturated heterocycles. The summed E-state index contributed by atoms with van der Waals surface area (Å²) < 4.78 is 19.0. The zero-order valence-electron chi connectivity index (χ0n) is 17.8. The summed E-state index contributed by atoms with van der Waals surface area (Å²) in [4.78, 5) is 25.4. The van der Waals surface area contributed by atoms with Crippen LogP contribution in [0.1, 0.15) is 45.4 Å². The molecule has 1 aliphatic heterocycles. The summed E-state index contributed by atoms with van der Waals surface area (Å²) >= 11 is 6.04. The molecule has 31 heavy (non-hydrogen) atoms. The molecule has 166 valence electrons. The number of hydrogen-bond donors (Lipinski definition) is 0. The number of ether oxygens (including phenoxy) is 1. The van der Waals surface area contributed by atoms with E-state index >= 15 is 0 Å². The second-order valence-electron chi connectivity index (χ2n) is 8.46. The smallest absolute Gasteiger partial charge is 0.224 e.